The number of carbonyl (C=O) groups excluding carboxylic acids is 1. The zero-order valence-electron chi connectivity index (χ0n) is 15.4. The summed E-state index contributed by atoms with van der Waals surface area (Å²) in [6.45, 7) is 5.88. The molecule has 1 atom stereocenters. The summed E-state index contributed by atoms with van der Waals surface area (Å²) in [4.78, 5) is 33.9. The molecular weight excluding hydrogens is 328 g/mol. The van der Waals surface area contributed by atoms with Crippen LogP contribution in [0.4, 0.5) is 5.95 Å². The highest BCUT2D eigenvalue weighted by Crippen LogP contribution is 2.20. The first-order chi connectivity index (χ1) is 12.5. The van der Waals surface area contributed by atoms with Gasteiger partial charge in [0.2, 0.25) is 11.9 Å². The largest absolute Gasteiger partial charge is 0.348 e. The molecular formula is C20H26N4O2. The van der Waals surface area contributed by atoms with Gasteiger partial charge in [0, 0.05) is 19.2 Å². The van der Waals surface area contributed by atoms with Crippen LogP contribution in [-0.4, -0.2) is 29.0 Å². The molecule has 6 nitrogen and oxygen atoms in total. The topological polar surface area (TPSA) is 78.1 Å². The van der Waals surface area contributed by atoms with E-state index in [1.807, 2.05) is 37.3 Å². The minimum atomic E-state index is -0.323. The molecule has 0 unspecified atom stereocenters. The maximum absolute atomic E-state index is 12.3. The third kappa shape index (κ3) is 4.71. The number of benzene rings is 1. The van der Waals surface area contributed by atoms with Gasteiger partial charge in [0.05, 0.1) is 18.2 Å². The molecule has 1 aliphatic heterocycles. The first-order valence-electron chi connectivity index (χ1n) is 9.21. The van der Waals surface area contributed by atoms with E-state index in [9.17, 15) is 9.59 Å². The van der Waals surface area contributed by atoms with Crippen LogP contribution in [-0.2, 0) is 11.2 Å². The lowest BCUT2D eigenvalue weighted by Crippen LogP contribution is -2.36. The van der Waals surface area contributed by atoms with E-state index >= 15 is 0 Å². The fourth-order valence-electron chi connectivity index (χ4n) is 3.20. The smallest absolute Gasteiger partial charge is 0.252 e. The van der Waals surface area contributed by atoms with Crippen molar-refractivity contribution >= 4 is 11.9 Å². The molecule has 0 radical (unpaired) electrons. The van der Waals surface area contributed by atoms with E-state index in [0.717, 1.165) is 31.5 Å². The Balaban J connectivity index is 1.68. The molecule has 2 aromatic rings. The van der Waals surface area contributed by atoms with E-state index in [1.165, 1.54) is 6.07 Å². The summed E-state index contributed by atoms with van der Waals surface area (Å²) >= 11 is 0. The van der Waals surface area contributed by atoms with Gasteiger partial charge in [0.15, 0.2) is 0 Å². The lowest BCUT2D eigenvalue weighted by atomic mass is 10.00. The Labute approximate surface area is 153 Å². The number of hydrogen-bond donors (Lipinski definition) is 2. The number of anilines is 1. The number of rotatable bonds is 5. The van der Waals surface area contributed by atoms with Gasteiger partial charge in [-0.2, -0.15) is 0 Å². The van der Waals surface area contributed by atoms with E-state index in [4.69, 9.17) is 0 Å². The van der Waals surface area contributed by atoms with E-state index in [0.29, 0.717) is 24.0 Å². The van der Waals surface area contributed by atoms with Gasteiger partial charge in [0.25, 0.3) is 5.56 Å². The number of nitrogens with one attached hydrogen (secondary N) is 2. The Morgan fingerprint density at radius 3 is 2.69 bits per heavy atom. The molecule has 2 heterocycles. The first-order valence-corrected chi connectivity index (χ1v) is 9.21. The molecule has 1 saturated heterocycles. The molecule has 138 valence electrons. The predicted octanol–water partition coefficient (Wildman–Crippen LogP) is 2.43. The SMILES string of the molecule is CC1CCN(c2nc([C@@H](C)NC(=O)Cc3ccccc3)cc(=O)[nH]2)CC1. The molecule has 1 aromatic carbocycles. The number of H-pyrrole nitrogens is 1. The van der Waals surface area contributed by atoms with Crippen molar-refractivity contribution in [1.29, 1.82) is 0 Å². The zero-order valence-corrected chi connectivity index (χ0v) is 15.4. The minimum Gasteiger partial charge on any atom is -0.348 e. The highest BCUT2D eigenvalue weighted by molar-refractivity contribution is 5.78. The summed E-state index contributed by atoms with van der Waals surface area (Å²) in [7, 11) is 0. The van der Waals surface area contributed by atoms with Crippen molar-refractivity contribution in [3.8, 4) is 0 Å². The first kappa shape index (κ1) is 18.2. The molecule has 1 amide bonds. The lowest BCUT2D eigenvalue weighted by Gasteiger charge is -2.31. The van der Waals surface area contributed by atoms with Crippen molar-refractivity contribution in [1.82, 2.24) is 15.3 Å². The standard InChI is InChI=1S/C20H26N4O2/c1-14-8-10-24(11-9-14)20-22-17(13-19(26)23-20)15(2)21-18(25)12-16-6-4-3-5-7-16/h3-7,13-15H,8-12H2,1-2H3,(H,21,25)(H,22,23,26)/t15-/m1/s1. The average Bonchev–Trinajstić information content (AvgIpc) is 2.62. The Hall–Kier alpha value is -2.63. The van der Waals surface area contributed by atoms with Crippen LogP contribution >= 0.6 is 0 Å². The van der Waals surface area contributed by atoms with Gasteiger partial charge in [-0.1, -0.05) is 37.3 Å². The average molecular weight is 354 g/mol. The Morgan fingerprint density at radius 1 is 1.31 bits per heavy atom. The van der Waals surface area contributed by atoms with Crippen molar-refractivity contribution < 1.29 is 4.79 Å². The third-order valence-electron chi connectivity index (χ3n) is 4.86. The molecule has 0 saturated carbocycles. The van der Waals surface area contributed by atoms with Crippen molar-refractivity contribution in [2.45, 2.75) is 39.2 Å². The van der Waals surface area contributed by atoms with Crippen LogP contribution in [0.3, 0.4) is 0 Å². The van der Waals surface area contributed by atoms with Gasteiger partial charge in [-0.3, -0.25) is 14.6 Å². The maximum atomic E-state index is 12.3. The van der Waals surface area contributed by atoms with Crippen molar-refractivity contribution in [2.75, 3.05) is 18.0 Å². The molecule has 26 heavy (non-hydrogen) atoms. The monoisotopic (exact) mass is 354 g/mol. The summed E-state index contributed by atoms with van der Waals surface area (Å²) < 4.78 is 0. The van der Waals surface area contributed by atoms with Gasteiger partial charge in [-0.25, -0.2) is 4.98 Å². The summed E-state index contributed by atoms with van der Waals surface area (Å²) in [5, 5.41) is 2.94. The highest BCUT2D eigenvalue weighted by atomic mass is 16.1. The van der Waals surface area contributed by atoms with Gasteiger partial charge in [-0.05, 0) is 31.2 Å². The number of amides is 1. The van der Waals surface area contributed by atoms with E-state index in [-0.39, 0.29) is 17.5 Å². The summed E-state index contributed by atoms with van der Waals surface area (Å²) in [5.74, 6) is 1.22. The van der Waals surface area contributed by atoms with Crippen LogP contribution in [0.5, 0.6) is 0 Å². The number of aromatic nitrogens is 2. The van der Waals surface area contributed by atoms with Crippen LogP contribution in [0.1, 0.15) is 44.0 Å². The Kier molecular flexibility index (Phi) is 5.71. The molecule has 0 spiro atoms. The Morgan fingerprint density at radius 2 is 2.00 bits per heavy atom. The van der Waals surface area contributed by atoms with Crippen LogP contribution in [0.15, 0.2) is 41.2 Å². The Bertz CT molecular complexity index is 795. The van der Waals surface area contributed by atoms with Crippen LogP contribution < -0.4 is 15.8 Å². The molecule has 3 rings (SSSR count). The molecule has 0 bridgehead atoms. The van der Waals surface area contributed by atoms with Crippen molar-refractivity contribution in [3.63, 3.8) is 0 Å². The summed E-state index contributed by atoms with van der Waals surface area (Å²) in [6, 6.07) is 10.7. The van der Waals surface area contributed by atoms with Gasteiger partial charge in [0.1, 0.15) is 0 Å². The van der Waals surface area contributed by atoms with Gasteiger partial charge >= 0.3 is 0 Å². The highest BCUT2D eigenvalue weighted by Gasteiger charge is 2.20. The lowest BCUT2D eigenvalue weighted by molar-refractivity contribution is -0.121. The normalized spacial score (nSPS) is 16.3. The second kappa shape index (κ2) is 8.17. The molecule has 0 aliphatic carbocycles. The molecule has 1 aromatic heterocycles. The number of aromatic amines is 1. The second-order valence-corrected chi connectivity index (χ2v) is 7.12. The minimum absolute atomic E-state index is 0.0841. The number of hydrogen-bond acceptors (Lipinski definition) is 4. The molecule has 2 N–H and O–H groups in total. The fraction of sp³-hybridized carbons (Fsp3) is 0.450. The van der Waals surface area contributed by atoms with E-state index in [2.05, 4.69) is 27.1 Å². The fourth-order valence-corrected chi connectivity index (χ4v) is 3.20. The molecule has 1 fully saturated rings. The second-order valence-electron chi connectivity index (χ2n) is 7.12. The molecule has 1 aliphatic rings. The van der Waals surface area contributed by atoms with Gasteiger partial charge in [-0.15, -0.1) is 0 Å². The van der Waals surface area contributed by atoms with Crippen LogP contribution in [0, 0.1) is 5.92 Å². The quantitative estimate of drug-likeness (QED) is 0.864. The van der Waals surface area contributed by atoms with Gasteiger partial charge < -0.3 is 10.2 Å². The van der Waals surface area contributed by atoms with Crippen molar-refractivity contribution in [2.24, 2.45) is 5.92 Å². The summed E-state index contributed by atoms with van der Waals surface area (Å²) in [5.41, 5.74) is 1.36. The zero-order chi connectivity index (χ0) is 18.5. The maximum Gasteiger partial charge on any atom is 0.252 e. The predicted molar refractivity (Wildman–Crippen MR) is 102 cm³/mol. The molecule has 6 heteroatoms. The number of nitrogens with zero attached hydrogens (tertiary/aromatic N) is 2. The number of piperidine rings is 1. The summed E-state index contributed by atoms with van der Waals surface area (Å²) in [6.07, 6.45) is 2.50. The third-order valence-corrected chi connectivity index (χ3v) is 4.86. The van der Waals surface area contributed by atoms with Crippen LogP contribution in [0.2, 0.25) is 0 Å². The van der Waals surface area contributed by atoms with Crippen LogP contribution in [0.25, 0.3) is 0 Å². The van der Waals surface area contributed by atoms with Crippen molar-refractivity contribution in [3.05, 3.63) is 58.0 Å². The van der Waals surface area contributed by atoms with E-state index in [1.54, 1.807) is 0 Å². The number of carbonyl (C=O) groups is 1. The van der Waals surface area contributed by atoms with E-state index < -0.39 is 0 Å².